The van der Waals surface area contributed by atoms with Crippen LogP contribution in [0.1, 0.15) is 406 Å². The lowest BCUT2D eigenvalue weighted by atomic mass is 10.0. The zero-order chi connectivity index (χ0) is 59.9. The molecule has 6 heteroatoms. The van der Waals surface area contributed by atoms with Gasteiger partial charge in [-0.15, -0.1) is 0 Å². The molecule has 2 unspecified atom stereocenters. The zero-order valence-electron chi connectivity index (χ0n) is 55.9. The number of unbranched alkanes of at least 4 members (excludes halogenated alkanes) is 53. The summed E-state index contributed by atoms with van der Waals surface area (Å²) in [7, 11) is 0. The Hall–Kier alpha value is -2.18. The van der Waals surface area contributed by atoms with Crippen molar-refractivity contribution in [3.8, 4) is 0 Å². The highest BCUT2D eigenvalue weighted by Crippen LogP contribution is 2.19. The van der Waals surface area contributed by atoms with E-state index in [1.807, 2.05) is 6.08 Å². The first kappa shape index (κ1) is 80.8. The standard InChI is InChI=1S/C77H145NO5/c1-3-5-7-9-11-13-15-17-19-21-38-41-45-49-53-57-61-65-69-75(80)74(73-79)78-76(81)70-66-62-58-54-50-46-42-39-35-33-31-29-27-25-23-22-24-26-28-30-32-34-36-40-44-48-52-56-60-64-68-72-83-77(82)71-67-63-59-55-51-47-43-37-20-18-16-14-12-10-8-6-4-2/h12,14,18,20,24,26,65,69,74-75,79-80H,3-11,13,15-17,19,21-23,25,27-64,66-68,70-73H2,1-2H3,(H,78,81)/b14-12-,20-18-,26-24-,69-65+. The SMILES string of the molecule is CCCCC/C=C\C/C=C\CCCCCCCCCC(=O)OCCCCCCCCCCCCCC/C=C\CCCCCCCCCCCCCCCCCC(=O)NC(CO)C(O)/C=C/CCCCCCCCCCCCCCCCCC. The molecule has 488 valence electrons. The number of nitrogens with one attached hydrogen (secondary N) is 1. The molecule has 0 heterocycles. The van der Waals surface area contributed by atoms with Crippen molar-refractivity contribution >= 4 is 11.9 Å². The first-order chi connectivity index (χ1) is 41.0. The number of aliphatic hydroxyl groups excluding tert-OH is 2. The smallest absolute Gasteiger partial charge is 0.305 e. The molecule has 0 aliphatic heterocycles. The van der Waals surface area contributed by atoms with Crippen molar-refractivity contribution in [2.45, 2.75) is 418 Å². The molecule has 0 aliphatic carbocycles. The second-order valence-corrected chi connectivity index (χ2v) is 25.6. The topological polar surface area (TPSA) is 95.9 Å². The summed E-state index contributed by atoms with van der Waals surface area (Å²) in [6, 6.07) is -0.627. The highest BCUT2D eigenvalue weighted by molar-refractivity contribution is 5.76. The van der Waals surface area contributed by atoms with E-state index in [-0.39, 0.29) is 18.5 Å². The van der Waals surface area contributed by atoms with Crippen molar-refractivity contribution in [1.82, 2.24) is 5.32 Å². The fourth-order valence-corrected chi connectivity index (χ4v) is 11.6. The molecule has 0 radical (unpaired) electrons. The summed E-state index contributed by atoms with van der Waals surface area (Å²) in [5, 5.41) is 23.2. The summed E-state index contributed by atoms with van der Waals surface area (Å²) >= 11 is 0. The van der Waals surface area contributed by atoms with Crippen LogP contribution in [0.15, 0.2) is 48.6 Å². The number of rotatable bonds is 70. The van der Waals surface area contributed by atoms with E-state index in [0.29, 0.717) is 19.4 Å². The van der Waals surface area contributed by atoms with Crippen LogP contribution in [-0.2, 0) is 14.3 Å². The Morgan fingerprint density at radius 1 is 0.337 bits per heavy atom. The van der Waals surface area contributed by atoms with E-state index in [0.717, 1.165) is 51.4 Å². The molecule has 83 heavy (non-hydrogen) atoms. The number of hydrogen-bond donors (Lipinski definition) is 3. The van der Waals surface area contributed by atoms with E-state index in [1.165, 1.54) is 327 Å². The molecule has 0 aromatic carbocycles. The maximum absolute atomic E-state index is 12.5. The van der Waals surface area contributed by atoms with E-state index >= 15 is 0 Å². The molecule has 0 spiro atoms. The Labute approximate surface area is 518 Å². The predicted octanol–water partition coefficient (Wildman–Crippen LogP) is 24.4. The van der Waals surface area contributed by atoms with Crippen molar-refractivity contribution in [2.75, 3.05) is 13.2 Å². The summed E-state index contributed by atoms with van der Waals surface area (Å²) in [5.41, 5.74) is 0. The van der Waals surface area contributed by atoms with Crippen LogP contribution in [0.3, 0.4) is 0 Å². The molecule has 0 rings (SSSR count). The van der Waals surface area contributed by atoms with Gasteiger partial charge in [0.05, 0.1) is 25.4 Å². The van der Waals surface area contributed by atoms with Crippen LogP contribution < -0.4 is 5.32 Å². The first-order valence-corrected chi connectivity index (χ1v) is 37.4. The summed E-state index contributed by atoms with van der Waals surface area (Å²) in [6.45, 7) is 4.91. The van der Waals surface area contributed by atoms with Gasteiger partial charge < -0.3 is 20.3 Å². The van der Waals surface area contributed by atoms with Crippen LogP contribution in [0.4, 0.5) is 0 Å². The van der Waals surface area contributed by atoms with E-state index in [4.69, 9.17) is 4.74 Å². The number of carbonyl (C=O) groups excluding carboxylic acids is 2. The first-order valence-electron chi connectivity index (χ1n) is 37.4. The number of esters is 1. The molecule has 3 N–H and O–H groups in total. The van der Waals surface area contributed by atoms with Crippen LogP contribution in [0.5, 0.6) is 0 Å². The number of allylic oxidation sites excluding steroid dienone is 7. The minimum Gasteiger partial charge on any atom is -0.466 e. The number of hydrogen-bond acceptors (Lipinski definition) is 5. The molecule has 0 aliphatic rings. The lowest BCUT2D eigenvalue weighted by Gasteiger charge is -2.20. The van der Waals surface area contributed by atoms with E-state index in [9.17, 15) is 19.8 Å². The minimum absolute atomic E-state index is 0.00989. The molecule has 2 atom stereocenters. The Kier molecular flexibility index (Phi) is 70.4. The molecule has 6 nitrogen and oxygen atoms in total. The largest absolute Gasteiger partial charge is 0.466 e. The van der Waals surface area contributed by atoms with Gasteiger partial charge in [0.15, 0.2) is 0 Å². The molecule has 0 aromatic heterocycles. The number of ether oxygens (including phenoxy) is 1. The Morgan fingerprint density at radius 2 is 0.602 bits per heavy atom. The second kappa shape index (κ2) is 72.3. The summed E-state index contributed by atoms with van der Waals surface area (Å²) in [4.78, 5) is 24.6. The average molecular weight is 1170 g/mol. The predicted molar refractivity (Wildman–Crippen MR) is 366 cm³/mol. The number of aliphatic hydroxyl groups is 2. The van der Waals surface area contributed by atoms with Crippen molar-refractivity contribution in [1.29, 1.82) is 0 Å². The van der Waals surface area contributed by atoms with Crippen molar-refractivity contribution < 1.29 is 24.5 Å². The van der Waals surface area contributed by atoms with Gasteiger partial charge in [-0.25, -0.2) is 0 Å². The zero-order valence-corrected chi connectivity index (χ0v) is 55.9. The van der Waals surface area contributed by atoms with Crippen molar-refractivity contribution in [2.24, 2.45) is 0 Å². The molecule has 0 aromatic rings. The maximum Gasteiger partial charge on any atom is 0.305 e. The van der Waals surface area contributed by atoms with Gasteiger partial charge in [-0.1, -0.05) is 351 Å². The van der Waals surface area contributed by atoms with Gasteiger partial charge in [0.1, 0.15) is 0 Å². The van der Waals surface area contributed by atoms with Gasteiger partial charge in [0.2, 0.25) is 5.91 Å². The second-order valence-electron chi connectivity index (χ2n) is 25.6. The fourth-order valence-electron chi connectivity index (χ4n) is 11.6. The Morgan fingerprint density at radius 3 is 0.952 bits per heavy atom. The minimum atomic E-state index is -0.844. The van der Waals surface area contributed by atoms with Gasteiger partial charge in [-0.05, 0) is 89.9 Å². The lowest BCUT2D eigenvalue weighted by molar-refractivity contribution is -0.143. The van der Waals surface area contributed by atoms with Crippen molar-refractivity contribution in [3.05, 3.63) is 48.6 Å². The summed E-state index contributed by atoms with van der Waals surface area (Å²) < 4.78 is 5.50. The maximum atomic E-state index is 12.5. The number of amides is 1. The highest BCUT2D eigenvalue weighted by atomic mass is 16.5. The van der Waals surface area contributed by atoms with E-state index in [2.05, 4.69) is 55.6 Å². The van der Waals surface area contributed by atoms with Crippen LogP contribution >= 0.6 is 0 Å². The van der Waals surface area contributed by atoms with Gasteiger partial charge in [0, 0.05) is 12.8 Å². The normalized spacial score (nSPS) is 12.8. The van der Waals surface area contributed by atoms with Gasteiger partial charge in [-0.3, -0.25) is 9.59 Å². The van der Waals surface area contributed by atoms with Crippen LogP contribution in [0, 0.1) is 0 Å². The third-order valence-electron chi connectivity index (χ3n) is 17.3. The monoisotopic (exact) mass is 1160 g/mol. The van der Waals surface area contributed by atoms with Gasteiger partial charge in [0.25, 0.3) is 0 Å². The molecule has 0 saturated heterocycles. The Balaban J connectivity index is 3.38. The summed E-state index contributed by atoms with van der Waals surface area (Å²) in [6.07, 6.45) is 94.9. The molecular formula is C77H145NO5. The van der Waals surface area contributed by atoms with Crippen LogP contribution in [0.2, 0.25) is 0 Å². The highest BCUT2D eigenvalue weighted by Gasteiger charge is 2.18. The van der Waals surface area contributed by atoms with Gasteiger partial charge >= 0.3 is 5.97 Å². The van der Waals surface area contributed by atoms with E-state index < -0.39 is 12.1 Å². The summed E-state index contributed by atoms with van der Waals surface area (Å²) in [5.74, 6) is -0.0530. The lowest BCUT2D eigenvalue weighted by Crippen LogP contribution is -2.45. The Bertz CT molecular complexity index is 1390. The molecular weight excluding hydrogens is 1020 g/mol. The van der Waals surface area contributed by atoms with Gasteiger partial charge in [-0.2, -0.15) is 0 Å². The third-order valence-corrected chi connectivity index (χ3v) is 17.3. The van der Waals surface area contributed by atoms with E-state index in [1.54, 1.807) is 6.08 Å². The molecule has 0 fully saturated rings. The molecule has 1 amide bonds. The van der Waals surface area contributed by atoms with Crippen LogP contribution in [-0.4, -0.2) is 47.4 Å². The quantitative estimate of drug-likeness (QED) is 0.0320. The molecule has 0 saturated carbocycles. The average Bonchev–Trinajstić information content (AvgIpc) is 3.49. The molecule has 0 bridgehead atoms. The van der Waals surface area contributed by atoms with Crippen molar-refractivity contribution in [3.63, 3.8) is 0 Å². The fraction of sp³-hybridized carbons (Fsp3) is 0.870. The number of carbonyl (C=O) groups is 2. The third kappa shape index (κ3) is 68.8. The van der Waals surface area contributed by atoms with Crippen LogP contribution in [0.25, 0.3) is 0 Å².